The smallest absolute Gasteiger partial charge is 0.267 e. The molecule has 0 saturated heterocycles. The van der Waals surface area contributed by atoms with Crippen LogP contribution in [-0.4, -0.2) is 14.1 Å². The molecule has 0 amide bonds. The van der Waals surface area contributed by atoms with Crippen LogP contribution in [0.5, 0.6) is 5.75 Å². The van der Waals surface area contributed by atoms with Crippen LogP contribution in [0, 0.1) is 5.82 Å². The second kappa shape index (κ2) is 11.6. The lowest BCUT2D eigenvalue weighted by molar-refractivity contribution is 0.0964. The molecule has 2 aromatic heterocycles. The number of rotatable bonds is 10. The standard InChI is InChI=1S/C31H33FO6Si/c1-31(2,3)39(4,5)36-20-25-18-26(33)29(35-19-22-9-7-6-8-10-22)30(38-25)28(34)27-16-15-24(37-27)17-21-11-13-23(32)14-12-21/h6-16,18H,17,19-20H2,1-5H3. The summed E-state index contributed by atoms with van der Waals surface area (Å²) in [4.78, 5) is 26.7. The minimum atomic E-state index is -2.14. The van der Waals surface area contributed by atoms with Gasteiger partial charge in [-0.3, -0.25) is 9.59 Å². The van der Waals surface area contributed by atoms with Crippen molar-refractivity contribution in [2.24, 2.45) is 0 Å². The average molecular weight is 549 g/mol. The summed E-state index contributed by atoms with van der Waals surface area (Å²) in [6.45, 7) is 10.7. The Hall–Kier alpha value is -3.75. The average Bonchev–Trinajstić information content (AvgIpc) is 3.36. The Bertz CT molecular complexity index is 1480. The summed E-state index contributed by atoms with van der Waals surface area (Å²) in [7, 11) is -2.14. The van der Waals surface area contributed by atoms with Crippen LogP contribution in [0.2, 0.25) is 18.1 Å². The minimum Gasteiger partial charge on any atom is -0.481 e. The van der Waals surface area contributed by atoms with Crippen molar-refractivity contribution in [1.29, 1.82) is 0 Å². The van der Waals surface area contributed by atoms with Gasteiger partial charge in [-0.05, 0) is 53.5 Å². The van der Waals surface area contributed by atoms with Crippen molar-refractivity contribution in [3.63, 3.8) is 0 Å². The van der Waals surface area contributed by atoms with Crippen LogP contribution in [0.25, 0.3) is 0 Å². The molecule has 6 nitrogen and oxygen atoms in total. The van der Waals surface area contributed by atoms with Crippen molar-refractivity contribution in [1.82, 2.24) is 0 Å². The lowest BCUT2D eigenvalue weighted by Gasteiger charge is -2.35. The second-order valence-electron chi connectivity index (χ2n) is 11.0. The molecule has 0 aliphatic carbocycles. The Balaban J connectivity index is 1.63. The zero-order valence-electron chi connectivity index (χ0n) is 22.9. The van der Waals surface area contributed by atoms with Gasteiger partial charge in [-0.1, -0.05) is 63.2 Å². The Labute approximate surface area is 228 Å². The van der Waals surface area contributed by atoms with Gasteiger partial charge in [0.2, 0.25) is 16.9 Å². The third-order valence-corrected chi connectivity index (χ3v) is 11.4. The molecule has 0 unspecified atom stereocenters. The Morgan fingerprint density at radius 2 is 1.56 bits per heavy atom. The summed E-state index contributed by atoms with van der Waals surface area (Å²) in [6, 6.07) is 19.9. The minimum absolute atomic E-state index is 0.00212. The largest absolute Gasteiger partial charge is 0.481 e. The molecule has 0 saturated carbocycles. The van der Waals surface area contributed by atoms with Crippen molar-refractivity contribution < 1.29 is 27.2 Å². The van der Waals surface area contributed by atoms with Crippen LogP contribution < -0.4 is 10.2 Å². The van der Waals surface area contributed by atoms with Gasteiger partial charge in [0.15, 0.2) is 14.1 Å². The highest BCUT2D eigenvalue weighted by Gasteiger charge is 2.37. The molecule has 39 heavy (non-hydrogen) atoms. The molecule has 2 heterocycles. The monoisotopic (exact) mass is 548 g/mol. The molecule has 0 fully saturated rings. The highest BCUT2D eigenvalue weighted by Crippen LogP contribution is 2.37. The zero-order chi connectivity index (χ0) is 28.2. The number of ketones is 1. The van der Waals surface area contributed by atoms with Gasteiger partial charge in [-0.25, -0.2) is 4.39 Å². The first-order chi connectivity index (χ1) is 18.4. The number of benzene rings is 2. The van der Waals surface area contributed by atoms with Crippen LogP contribution in [0.4, 0.5) is 4.39 Å². The first-order valence-corrected chi connectivity index (χ1v) is 15.7. The number of hydrogen-bond donors (Lipinski definition) is 0. The summed E-state index contributed by atoms with van der Waals surface area (Å²) in [5.74, 6) is -0.623. The highest BCUT2D eigenvalue weighted by molar-refractivity contribution is 6.74. The fraction of sp³-hybridized carbons (Fsp3) is 0.290. The quantitative estimate of drug-likeness (QED) is 0.153. The normalized spacial score (nSPS) is 11.9. The van der Waals surface area contributed by atoms with Gasteiger partial charge in [-0.15, -0.1) is 0 Å². The number of furan rings is 1. The predicted molar refractivity (Wildman–Crippen MR) is 149 cm³/mol. The zero-order valence-corrected chi connectivity index (χ0v) is 23.9. The van der Waals surface area contributed by atoms with Crippen molar-refractivity contribution in [2.45, 2.75) is 58.5 Å². The molecule has 0 aliphatic rings. The summed E-state index contributed by atoms with van der Waals surface area (Å²) in [5, 5.41) is -0.0419. The van der Waals surface area contributed by atoms with E-state index >= 15 is 0 Å². The molecular weight excluding hydrogens is 515 g/mol. The maximum atomic E-state index is 13.6. The molecular formula is C31H33FO6Si. The molecule has 0 atom stereocenters. The SMILES string of the molecule is CC(C)(C)[Si](C)(C)OCc1cc(=O)c(OCc2ccccc2)c(C(=O)c2ccc(Cc3ccc(F)cc3)o2)o1. The predicted octanol–water partition coefficient (Wildman–Crippen LogP) is 7.29. The van der Waals surface area contributed by atoms with Gasteiger partial charge in [0, 0.05) is 12.5 Å². The Morgan fingerprint density at radius 1 is 0.872 bits per heavy atom. The molecule has 4 rings (SSSR count). The molecule has 204 valence electrons. The lowest BCUT2D eigenvalue weighted by Crippen LogP contribution is -2.40. The fourth-order valence-electron chi connectivity index (χ4n) is 3.60. The van der Waals surface area contributed by atoms with Gasteiger partial charge in [0.05, 0.1) is 6.61 Å². The topological polar surface area (TPSA) is 78.9 Å². The van der Waals surface area contributed by atoms with E-state index in [1.165, 1.54) is 24.3 Å². The van der Waals surface area contributed by atoms with Gasteiger partial charge >= 0.3 is 0 Å². The van der Waals surface area contributed by atoms with E-state index in [1.807, 2.05) is 30.3 Å². The summed E-state index contributed by atoms with van der Waals surface area (Å²) in [5.41, 5.74) is 1.18. The van der Waals surface area contributed by atoms with Crippen LogP contribution in [0.3, 0.4) is 0 Å². The second-order valence-corrected chi connectivity index (χ2v) is 15.8. The summed E-state index contributed by atoms with van der Waals surface area (Å²) < 4.78 is 37.1. The highest BCUT2D eigenvalue weighted by atomic mass is 28.4. The molecule has 0 bridgehead atoms. The number of halogens is 1. The van der Waals surface area contributed by atoms with Gasteiger partial charge in [0.1, 0.15) is 23.9 Å². The summed E-state index contributed by atoms with van der Waals surface area (Å²) in [6.07, 6.45) is 0.370. The first-order valence-electron chi connectivity index (χ1n) is 12.8. The maximum absolute atomic E-state index is 13.6. The molecule has 8 heteroatoms. The lowest BCUT2D eigenvalue weighted by atomic mass is 10.1. The van der Waals surface area contributed by atoms with Crippen LogP contribution >= 0.6 is 0 Å². The Morgan fingerprint density at radius 3 is 2.23 bits per heavy atom. The third kappa shape index (κ3) is 7.02. The van der Waals surface area contributed by atoms with Gasteiger partial charge in [0.25, 0.3) is 5.78 Å². The maximum Gasteiger partial charge on any atom is 0.267 e. The van der Waals surface area contributed by atoms with E-state index in [4.69, 9.17) is 18.0 Å². The van der Waals surface area contributed by atoms with E-state index in [1.54, 1.807) is 18.2 Å². The van der Waals surface area contributed by atoms with Crippen molar-refractivity contribution in [3.05, 3.63) is 123 Å². The number of ether oxygens (including phenoxy) is 1. The van der Waals surface area contributed by atoms with Gasteiger partial charge < -0.3 is 18.0 Å². The summed E-state index contributed by atoms with van der Waals surface area (Å²) >= 11 is 0. The molecule has 0 aliphatic heterocycles. The van der Waals surface area contributed by atoms with Crippen LogP contribution in [0.1, 0.15) is 59.7 Å². The van der Waals surface area contributed by atoms with Gasteiger partial charge in [-0.2, -0.15) is 0 Å². The fourth-order valence-corrected chi connectivity index (χ4v) is 4.53. The number of hydrogen-bond acceptors (Lipinski definition) is 6. The van der Waals surface area contributed by atoms with Crippen molar-refractivity contribution in [2.75, 3.05) is 0 Å². The first kappa shape index (κ1) is 28.3. The molecule has 2 aromatic carbocycles. The van der Waals surface area contributed by atoms with E-state index in [2.05, 4.69) is 33.9 Å². The van der Waals surface area contributed by atoms with E-state index in [9.17, 15) is 14.0 Å². The van der Waals surface area contributed by atoms with E-state index in [0.29, 0.717) is 12.2 Å². The number of carbonyl (C=O) groups excluding carboxylic acids is 1. The Kier molecular flexibility index (Phi) is 8.37. The van der Waals surface area contributed by atoms with Crippen LogP contribution in [0.15, 0.2) is 86.4 Å². The van der Waals surface area contributed by atoms with E-state index in [0.717, 1.165) is 11.1 Å². The molecule has 4 aromatic rings. The van der Waals surface area contributed by atoms with Crippen LogP contribution in [-0.2, 0) is 24.1 Å². The number of carbonyl (C=O) groups is 1. The van der Waals surface area contributed by atoms with E-state index < -0.39 is 19.5 Å². The molecule has 0 N–H and O–H groups in total. The van der Waals surface area contributed by atoms with Crippen molar-refractivity contribution >= 4 is 14.1 Å². The molecule has 0 spiro atoms. The molecule has 0 radical (unpaired) electrons. The van der Waals surface area contributed by atoms with E-state index in [-0.39, 0.29) is 47.1 Å². The third-order valence-electron chi connectivity index (χ3n) is 6.95. The van der Waals surface area contributed by atoms with Crippen molar-refractivity contribution in [3.8, 4) is 5.75 Å².